The Labute approximate surface area is 70.8 Å². The summed E-state index contributed by atoms with van der Waals surface area (Å²) in [6.07, 6.45) is 6.48. The highest BCUT2D eigenvalue weighted by Gasteiger charge is 1.99. The fraction of sp³-hybridized carbons (Fsp3) is 0.250. The van der Waals surface area contributed by atoms with Gasteiger partial charge in [0.15, 0.2) is 0 Å². The van der Waals surface area contributed by atoms with E-state index in [4.69, 9.17) is 23.2 Å². The van der Waals surface area contributed by atoms with Crippen LogP contribution in [0.5, 0.6) is 0 Å². The average Bonchev–Trinajstić information content (AvgIpc) is 1.96. The molecular weight excluding hydrogens is 167 g/mol. The van der Waals surface area contributed by atoms with Gasteiger partial charge in [-0.2, -0.15) is 0 Å². The molecule has 0 bridgehead atoms. The molecule has 0 saturated carbocycles. The Hall–Kier alpha value is -0.200. The zero-order chi connectivity index (χ0) is 7.56. The second-order valence-corrected chi connectivity index (χ2v) is 3.12. The molecule has 0 amide bonds. The van der Waals surface area contributed by atoms with Crippen molar-refractivity contribution in [2.24, 2.45) is 0 Å². The van der Waals surface area contributed by atoms with Gasteiger partial charge in [0.2, 0.25) is 0 Å². The highest BCUT2D eigenvalue weighted by atomic mass is 35.5. The number of hydrogen-bond acceptors (Lipinski definition) is 0. The molecule has 0 nitrogen and oxygen atoms in total. The third-order valence-corrected chi connectivity index (χ3v) is 2.04. The Morgan fingerprint density at radius 2 is 2.10 bits per heavy atom. The number of allylic oxidation sites excluding steroid dienone is 6. The summed E-state index contributed by atoms with van der Waals surface area (Å²) in [5.74, 6) is 0. The summed E-state index contributed by atoms with van der Waals surface area (Å²) in [6.45, 7) is 1.96. The van der Waals surface area contributed by atoms with E-state index in [0.29, 0.717) is 0 Å². The summed E-state index contributed by atoms with van der Waals surface area (Å²) < 4.78 is 0. The second-order valence-electron chi connectivity index (χ2n) is 2.22. The molecule has 0 N–H and O–H groups in total. The highest BCUT2D eigenvalue weighted by Crippen LogP contribution is 2.21. The van der Waals surface area contributed by atoms with E-state index in [0.717, 1.165) is 22.1 Å². The minimum atomic E-state index is 0.744. The van der Waals surface area contributed by atoms with Gasteiger partial charge in [-0.1, -0.05) is 29.3 Å². The lowest BCUT2D eigenvalue weighted by Gasteiger charge is -1.93. The van der Waals surface area contributed by atoms with Crippen molar-refractivity contribution in [1.82, 2.24) is 0 Å². The Morgan fingerprint density at radius 3 is 2.80 bits per heavy atom. The topological polar surface area (TPSA) is 0 Å². The largest absolute Gasteiger partial charge is 0.0885 e. The first-order valence-electron chi connectivity index (χ1n) is 3.09. The van der Waals surface area contributed by atoms with E-state index < -0.39 is 0 Å². The van der Waals surface area contributed by atoms with Crippen LogP contribution in [0.3, 0.4) is 0 Å². The molecule has 0 heterocycles. The molecule has 0 atom stereocenters. The molecule has 1 aliphatic carbocycles. The molecule has 0 spiro atoms. The molecule has 0 aromatic rings. The van der Waals surface area contributed by atoms with Crippen molar-refractivity contribution in [3.05, 3.63) is 33.9 Å². The summed E-state index contributed by atoms with van der Waals surface area (Å²) in [4.78, 5) is 0. The first-order chi connectivity index (χ1) is 4.70. The lowest BCUT2D eigenvalue weighted by Crippen LogP contribution is -1.72. The average molecular weight is 175 g/mol. The van der Waals surface area contributed by atoms with Crippen molar-refractivity contribution in [2.45, 2.75) is 13.3 Å². The zero-order valence-electron chi connectivity index (χ0n) is 5.70. The van der Waals surface area contributed by atoms with Gasteiger partial charge in [0.1, 0.15) is 0 Å². The molecule has 0 aromatic carbocycles. The van der Waals surface area contributed by atoms with E-state index in [1.54, 1.807) is 0 Å². The maximum atomic E-state index is 5.86. The SMILES string of the molecule is CC1=C(Cl)CC=CC(Cl)=C1. The lowest BCUT2D eigenvalue weighted by atomic mass is 10.2. The van der Waals surface area contributed by atoms with Crippen molar-refractivity contribution in [2.75, 3.05) is 0 Å². The van der Waals surface area contributed by atoms with Gasteiger partial charge >= 0.3 is 0 Å². The van der Waals surface area contributed by atoms with Gasteiger partial charge in [0.25, 0.3) is 0 Å². The molecule has 0 aromatic heterocycles. The van der Waals surface area contributed by atoms with Gasteiger partial charge in [0.05, 0.1) is 0 Å². The van der Waals surface area contributed by atoms with Crippen LogP contribution in [0, 0.1) is 0 Å². The second kappa shape index (κ2) is 3.27. The summed E-state index contributed by atoms with van der Waals surface area (Å²) in [5.41, 5.74) is 1.05. The predicted molar refractivity (Wildman–Crippen MR) is 46.2 cm³/mol. The van der Waals surface area contributed by atoms with Crippen molar-refractivity contribution >= 4 is 23.2 Å². The van der Waals surface area contributed by atoms with Crippen LogP contribution in [0.25, 0.3) is 0 Å². The first-order valence-corrected chi connectivity index (χ1v) is 3.85. The normalized spacial score (nSPS) is 18.9. The maximum Gasteiger partial charge on any atom is 0.0405 e. The van der Waals surface area contributed by atoms with Crippen LogP contribution < -0.4 is 0 Å². The monoisotopic (exact) mass is 174 g/mol. The Kier molecular flexibility index (Phi) is 2.58. The van der Waals surface area contributed by atoms with Gasteiger partial charge in [-0.15, -0.1) is 0 Å². The van der Waals surface area contributed by atoms with E-state index in [9.17, 15) is 0 Å². The number of hydrogen-bond donors (Lipinski definition) is 0. The molecule has 0 radical (unpaired) electrons. The fourth-order valence-corrected chi connectivity index (χ4v) is 1.17. The minimum Gasteiger partial charge on any atom is -0.0885 e. The summed E-state index contributed by atoms with van der Waals surface area (Å²) in [7, 11) is 0. The Morgan fingerprint density at radius 1 is 1.40 bits per heavy atom. The van der Waals surface area contributed by atoms with Crippen LogP contribution in [-0.2, 0) is 0 Å². The minimum absolute atomic E-state index is 0.744. The van der Waals surface area contributed by atoms with E-state index in [1.165, 1.54) is 0 Å². The van der Waals surface area contributed by atoms with E-state index >= 15 is 0 Å². The molecule has 0 unspecified atom stereocenters. The van der Waals surface area contributed by atoms with Gasteiger partial charge < -0.3 is 0 Å². The predicted octanol–water partition coefficient (Wildman–Crippen LogP) is 3.58. The first kappa shape index (κ1) is 7.90. The summed E-state index contributed by atoms with van der Waals surface area (Å²) in [5, 5.41) is 1.61. The lowest BCUT2D eigenvalue weighted by molar-refractivity contribution is 1.31. The van der Waals surface area contributed by atoms with Gasteiger partial charge in [-0.25, -0.2) is 0 Å². The third kappa shape index (κ3) is 1.89. The quantitative estimate of drug-likeness (QED) is 0.527. The molecule has 1 rings (SSSR count). The van der Waals surface area contributed by atoms with Crippen molar-refractivity contribution in [3.8, 4) is 0 Å². The van der Waals surface area contributed by atoms with Gasteiger partial charge in [-0.3, -0.25) is 0 Å². The molecule has 0 fully saturated rings. The molecule has 0 aliphatic heterocycles. The van der Waals surface area contributed by atoms with E-state index in [1.807, 2.05) is 25.2 Å². The molecule has 1 aliphatic rings. The standard InChI is InChI=1S/C8H8Cl2/c1-6-5-7(9)3-2-4-8(6)10/h2-3,5H,4H2,1H3. The van der Waals surface area contributed by atoms with E-state index in [2.05, 4.69) is 0 Å². The Bertz CT molecular complexity index is 221. The zero-order valence-corrected chi connectivity index (χ0v) is 7.21. The number of rotatable bonds is 0. The smallest absolute Gasteiger partial charge is 0.0405 e. The van der Waals surface area contributed by atoms with Gasteiger partial charge in [0, 0.05) is 16.5 Å². The van der Waals surface area contributed by atoms with Crippen LogP contribution in [-0.4, -0.2) is 0 Å². The third-order valence-electron chi connectivity index (χ3n) is 1.36. The Balaban J connectivity index is 2.96. The van der Waals surface area contributed by atoms with Crippen LogP contribution in [0.15, 0.2) is 33.9 Å². The van der Waals surface area contributed by atoms with Gasteiger partial charge in [-0.05, 0) is 24.6 Å². The summed E-state index contributed by atoms with van der Waals surface area (Å²) in [6, 6.07) is 0. The van der Waals surface area contributed by atoms with Crippen LogP contribution in [0.4, 0.5) is 0 Å². The molecule has 10 heavy (non-hydrogen) atoms. The maximum absolute atomic E-state index is 5.86. The van der Waals surface area contributed by atoms with Crippen molar-refractivity contribution in [3.63, 3.8) is 0 Å². The summed E-state index contributed by atoms with van der Waals surface area (Å²) >= 11 is 11.6. The fourth-order valence-electron chi connectivity index (χ4n) is 0.769. The number of halogens is 2. The molecule has 54 valence electrons. The molecular formula is C8H8Cl2. The molecule has 0 saturated heterocycles. The van der Waals surface area contributed by atoms with Crippen LogP contribution >= 0.6 is 23.2 Å². The van der Waals surface area contributed by atoms with E-state index in [-0.39, 0.29) is 0 Å². The van der Waals surface area contributed by atoms with Crippen LogP contribution in [0.1, 0.15) is 13.3 Å². The van der Waals surface area contributed by atoms with Crippen molar-refractivity contribution < 1.29 is 0 Å². The highest BCUT2D eigenvalue weighted by molar-refractivity contribution is 6.32. The van der Waals surface area contributed by atoms with Crippen molar-refractivity contribution in [1.29, 1.82) is 0 Å². The molecule has 2 heteroatoms. The van der Waals surface area contributed by atoms with Crippen LogP contribution in [0.2, 0.25) is 0 Å².